The number of aromatic nitrogens is 3. The van der Waals surface area contributed by atoms with Crippen LogP contribution in [0.5, 0.6) is 0 Å². The van der Waals surface area contributed by atoms with Crippen LogP contribution in [0.15, 0.2) is 24.4 Å². The maximum absolute atomic E-state index is 10.3. The van der Waals surface area contributed by atoms with E-state index in [0.29, 0.717) is 6.42 Å². The summed E-state index contributed by atoms with van der Waals surface area (Å²) >= 11 is 1.26. The van der Waals surface area contributed by atoms with Crippen molar-refractivity contribution in [3.8, 4) is 0 Å². The summed E-state index contributed by atoms with van der Waals surface area (Å²) in [6, 6.07) is 5.70. The quantitative estimate of drug-likeness (QED) is 0.924. The van der Waals surface area contributed by atoms with Crippen LogP contribution in [-0.2, 0) is 11.8 Å². The van der Waals surface area contributed by atoms with Gasteiger partial charge in [0.15, 0.2) is 0 Å². The van der Waals surface area contributed by atoms with E-state index < -0.39 is 6.10 Å². The largest absolute Gasteiger partial charge is 0.387 e. The summed E-state index contributed by atoms with van der Waals surface area (Å²) in [6.45, 7) is 6.21. The number of hydrogen-bond acceptors (Lipinski definition) is 5. The Morgan fingerprint density at radius 1 is 1.33 bits per heavy atom. The highest BCUT2D eigenvalue weighted by Crippen LogP contribution is 2.31. The Kier molecular flexibility index (Phi) is 3.73. The normalized spacial score (nSPS) is 13.6. The minimum Gasteiger partial charge on any atom is -0.387 e. The third kappa shape index (κ3) is 2.91. The van der Waals surface area contributed by atoms with Crippen LogP contribution in [0.2, 0.25) is 0 Å². The second-order valence-corrected chi connectivity index (χ2v) is 6.06. The van der Waals surface area contributed by atoms with E-state index in [-0.39, 0.29) is 5.41 Å². The molecule has 0 bridgehead atoms. The standard InChI is InChI=1S/C13H17N3OS/c1-13(2,3)12-11(18-16-15-12)10(17)8-9-6-4-5-7-14-9/h4-7,10,17H,8H2,1-3H3. The summed E-state index contributed by atoms with van der Waals surface area (Å²) in [5.74, 6) is 0. The van der Waals surface area contributed by atoms with Gasteiger partial charge in [0.05, 0.1) is 16.7 Å². The van der Waals surface area contributed by atoms with Crippen molar-refractivity contribution < 1.29 is 5.11 Å². The highest BCUT2D eigenvalue weighted by Gasteiger charge is 2.26. The lowest BCUT2D eigenvalue weighted by atomic mass is 9.90. The van der Waals surface area contributed by atoms with E-state index in [1.54, 1.807) is 6.20 Å². The predicted octanol–water partition coefficient (Wildman–Crippen LogP) is 2.51. The molecule has 0 fully saturated rings. The Hall–Kier alpha value is -1.33. The van der Waals surface area contributed by atoms with Crippen molar-refractivity contribution in [3.05, 3.63) is 40.7 Å². The smallest absolute Gasteiger partial charge is 0.0972 e. The van der Waals surface area contributed by atoms with Gasteiger partial charge in [-0.05, 0) is 23.7 Å². The number of nitrogens with zero attached hydrogens (tertiary/aromatic N) is 3. The zero-order valence-electron chi connectivity index (χ0n) is 10.8. The van der Waals surface area contributed by atoms with Crippen LogP contribution in [0.3, 0.4) is 0 Å². The van der Waals surface area contributed by atoms with Crippen LogP contribution in [0.25, 0.3) is 0 Å². The van der Waals surface area contributed by atoms with Gasteiger partial charge in [0, 0.05) is 23.7 Å². The second-order valence-electron chi connectivity index (χ2n) is 5.28. The van der Waals surface area contributed by atoms with Crippen molar-refractivity contribution in [2.45, 2.75) is 38.7 Å². The SMILES string of the molecule is CC(C)(C)c1nnsc1C(O)Cc1ccccn1. The maximum atomic E-state index is 10.3. The molecule has 0 aliphatic carbocycles. The number of rotatable bonds is 3. The first-order chi connectivity index (χ1) is 8.48. The van der Waals surface area contributed by atoms with Gasteiger partial charge in [-0.3, -0.25) is 4.98 Å². The second kappa shape index (κ2) is 5.12. The maximum Gasteiger partial charge on any atom is 0.0972 e. The highest BCUT2D eigenvalue weighted by atomic mass is 32.1. The van der Waals surface area contributed by atoms with Crippen LogP contribution in [0.4, 0.5) is 0 Å². The lowest BCUT2D eigenvalue weighted by molar-refractivity contribution is 0.178. The van der Waals surface area contributed by atoms with E-state index in [9.17, 15) is 5.11 Å². The summed E-state index contributed by atoms with van der Waals surface area (Å²) in [5, 5.41) is 14.4. The monoisotopic (exact) mass is 263 g/mol. The first-order valence-electron chi connectivity index (χ1n) is 5.89. The molecule has 1 N–H and O–H groups in total. The fourth-order valence-corrected chi connectivity index (χ4v) is 2.59. The molecule has 1 unspecified atom stereocenters. The van der Waals surface area contributed by atoms with Crippen LogP contribution < -0.4 is 0 Å². The van der Waals surface area contributed by atoms with Crippen molar-refractivity contribution in [3.63, 3.8) is 0 Å². The number of aliphatic hydroxyl groups excluding tert-OH is 1. The topological polar surface area (TPSA) is 58.9 Å². The molecule has 2 heterocycles. The van der Waals surface area contributed by atoms with Gasteiger partial charge in [0.2, 0.25) is 0 Å². The van der Waals surface area contributed by atoms with Crippen LogP contribution in [0, 0.1) is 0 Å². The van der Waals surface area contributed by atoms with E-state index in [2.05, 4.69) is 35.3 Å². The first kappa shape index (κ1) is 13.1. The number of pyridine rings is 1. The third-order valence-corrected chi connectivity index (χ3v) is 3.48. The van der Waals surface area contributed by atoms with Gasteiger partial charge >= 0.3 is 0 Å². The van der Waals surface area contributed by atoms with Gasteiger partial charge in [0.1, 0.15) is 0 Å². The fraction of sp³-hybridized carbons (Fsp3) is 0.462. The Morgan fingerprint density at radius 2 is 2.11 bits per heavy atom. The predicted molar refractivity (Wildman–Crippen MR) is 71.5 cm³/mol. The van der Waals surface area contributed by atoms with Gasteiger partial charge < -0.3 is 5.11 Å². The molecule has 0 spiro atoms. The molecule has 2 aromatic rings. The lowest BCUT2D eigenvalue weighted by Crippen LogP contribution is -2.16. The van der Waals surface area contributed by atoms with E-state index >= 15 is 0 Å². The number of aliphatic hydroxyl groups is 1. The molecule has 2 rings (SSSR count). The molecule has 18 heavy (non-hydrogen) atoms. The molecule has 1 atom stereocenters. The average Bonchev–Trinajstić information content (AvgIpc) is 2.79. The van der Waals surface area contributed by atoms with Gasteiger partial charge in [-0.25, -0.2) is 0 Å². The minimum atomic E-state index is -0.589. The lowest BCUT2D eigenvalue weighted by Gasteiger charge is -2.18. The summed E-state index contributed by atoms with van der Waals surface area (Å²) in [5.41, 5.74) is 1.64. The van der Waals surface area contributed by atoms with Crippen molar-refractivity contribution in [2.75, 3.05) is 0 Å². The molecule has 2 aromatic heterocycles. The molecule has 5 heteroatoms. The first-order valence-corrected chi connectivity index (χ1v) is 6.66. The highest BCUT2D eigenvalue weighted by molar-refractivity contribution is 7.05. The molecular formula is C13H17N3OS. The zero-order chi connectivity index (χ0) is 13.2. The summed E-state index contributed by atoms with van der Waals surface area (Å²) in [6.07, 6.45) is 1.64. The Bertz CT molecular complexity index is 504. The molecular weight excluding hydrogens is 246 g/mol. The molecule has 0 aliphatic rings. The molecule has 0 amide bonds. The summed E-state index contributed by atoms with van der Waals surface area (Å²) < 4.78 is 3.96. The summed E-state index contributed by atoms with van der Waals surface area (Å²) in [7, 11) is 0. The Balaban J connectivity index is 2.20. The van der Waals surface area contributed by atoms with E-state index in [0.717, 1.165) is 16.3 Å². The zero-order valence-corrected chi connectivity index (χ0v) is 11.6. The minimum absolute atomic E-state index is 0.104. The van der Waals surface area contributed by atoms with E-state index in [1.807, 2.05) is 18.2 Å². The van der Waals surface area contributed by atoms with Crippen LogP contribution in [0.1, 0.15) is 43.1 Å². The molecule has 4 nitrogen and oxygen atoms in total. The number of hydrogen-bond donors (Lipinski definition) is 1. The van der Waals surface area contributed by atoms with Gasteiger partial charge in [-0.15, -0.1) is 5.10 Å². The molecule has 0 aliphatic heterocycles. The van der Waals surface area contributed by atoms with Crippen LogP contribution >= 0.6 is 11.5 Å². The van der Waals surface area contributed by atoms with Gasteiger partial charge in [-0.2, -0.15) is 0 Å². The molecule has 96 valence electrons. The van der Waals surface area contributed by atoms with Gasteiger partial charge in [-0.1, -0.05) is 31.3 Å². The Morgan fingerprint density at radius 3 is 2.72 bits per heavy atom. The Labute approximate surface area is 111 Å². The van der Waals surface area contributed by atoms with Gasteiger partial charge in [0.25, 0.3) is 0 Å². The fourth-order valence-electron chi connectivity index (χ4n) is 1.75. The average molecular weight is 263 g/mol. The van der Waals surface area contributed by atoms with Crippen molar-refractivity contribution >= 4 is 11.5 Å². The van der Waals surface area contributed by atoms with E-state index in [4.69, 9.17) is 0 Å². The molecule has 0 saturated heterocycles. The third-order valence-electron chi connectivity index (χ3n) is 2.66. The van der Waals surface area contributed by atoms with Crippen LogP contribution in [-0.4, -0.2) is 19.7 Å². The van der Waals surface area contributed by atoms with Crippen molar-refractivity contribution in [1.29, 1.82) is 0 Å². The van der Waals surface area contributed by atoms with Crippen molar-refractivity contribution in [2.24, 2.45) is 0 Å². The van der Waals surface area contributed by atoms with E-state index in [1.165, 1.54) is 11.5 Å². The van der Waals surface area contributed by atoms with Crippen molar-refractivity contribution in [1.82, 2.24) is 14.6 Å². The molecule has 0 aromatic carbocycles. The molecule has 0 radical (unpaired) electrons. The summed E-state index contributed by atoms with van der Waals surface area (Å²) in [4.78, 5) is 5.07. The molecule has 0 saturated carbocycles.